The maximum atomic E-state index is 14.0. The number of halogens is 1. The van der Waals surface area contributed by atoms with Gasteiger partial charge in [0.05, 0.1) is 24.6 Å². The third kappa shape index (κ3) is 4.02. The fraction of sp³-hybridized carbons (Fsp3) is 0.417. The second-order valence-electron chi connectivity index (χ2n) is 8.17. The molecule has 0 unspecified atom stereocenters. The molecule has 2 aliphatic heterocycles. The summed E-state index contributed by atoms with van der Waals surface area (Å²) in [6, 6.07) is 13.7. The third-order valence-corrected chi connectivity index (χ3v) is 6.37. The minimum Gasteiger partial charge on any atom is -0.378 e. The summed E-state index contributed by atoms with van der Waals surface area (Å²) in [6.07, 6.45) is 3.20. The van der Waals surface area contributed by atoms with Crippen molar-refractivity contribution in [2.75, 3.05) is 68.8 Å². The number of nitrogens with one attached hydrogen (secondary N) is 1. The first-order chi connectivity index (χ1) is 14.8. The number of fused-ring (bicyclic) bond motifs is 1. The summed E-state index contributed by atoms with van der Waals surface area (Å²) in [5.74, 6) is -0.169. The van der Waals surface area contributed by atoms with Crippen LogP contribution in [-0.2, 0) is 11.2 Å². The number of H-pyrrole nitrogens is 1. The number of para-hydroxylation sites is 1. The van der Waals surface area contributed by atoms with Crippen molar-refractivity contribution in [3.05, 3.63) is 60.0 Å². The van der Waals surface area contributed by atoms with Crippen molar-refractivity contribution in [3.8, 4) is 0 Å². The Bertz CT molecular complexity index is 990. The van der Waals surface area contributed by atoms with Crippen LogP contribution in [0.5, 0.6) is 0 Å². The Morgan fingerprint density at radius 2 is 1.63 bits per heavy atom. The largest absolute Gasteiger partial charge is 0.378 e. The van der Waals surface area contributed by atoms with Crippen LogP contribution >= 0.6 is 0 Å². The van der Waals surface area contributed by atoms with Crippen molar-refractivity contribution >= 4 is 22.3 Å². The lowest BCUT2D eigenvalue weighted by Gasteiger charge is -2.39. The van der Waals surface area contributed by atoms with Crippen LogP contribution in [0.4, 0.5) is 15.8 Å². The van der Waals surface area contributed by atoms with Crippen LogP contribution in [-0.4, -0.2) is 68.9 Å². The average Bonchev–Trinajstić information content (AvgIpc) is 3.22. The van der Waals surface area contributed by atoms with E-state index in [0.717, 1.165) is 63.6 Å². The monoisotopic (exact) mass is 408 g/mol. The molecule has 158 valence electrons. The van der Waals surface area contributed by atoms with Gasteiger partial charge in [0.15, 0.2) is 0 Å². The first kappa shape index (κ1) is 19.4. The van der Waals surface area contributed by atoms with E-state index < -0.39 is 0 Å². The molecule has 0 aliphatic carbocycles. The summed E-state index contributed by atoms with van der Waals surface area (Å²) in [4.78, 5) is 10.6. The number of hydrogen-bond acceptors (Lipinski definition) is 4. The molecular weight excluding hydrogens is 379 g/mol. The molecule has 2 aliphatic rings. The second kappa shape index (κ2) is 8.66. The molecule has 0 amide bonds. The van der Waals surface area contributed by atoms with Gasteiger partial charge in [0.2, 0.25) is 0 Å². The van der Waals surface area contributed by atoms with Gasteiger partial charge in [0.1, 0.15) is 5.82 Å². The topological polar surface area (TPSA) is 34.7 Å². The van der Waals surface area contributed by atoms with Crippen LogP contribution in [0.15, 0.2) is 48.7 Å². The highest BCUT2D eigenvalue weighted by molar-refractivity contribution is 5.83. The fourth-order valence-electron chi connectivity index (χ4n) is 4.65. The highest BCUT2D eigenvalue weighted by Crippen LogP contribution is 2.32. The van der Waals surface area contributed by atoms with E-state index in [2.05, 4.69) is 50.1 Å². The van der Waals surface area contributed by atoms with Gasteiger partial charge in [-0.15, -0.1) is 0 Å². The summed E-state index contributed by atoms with van der Waals surface area (Å²) >= 11 is 0. The lowest BCUT2D eigenvalue weighted by molar-refractivity contribution is 0.122. The van der Waals surface area contributed by atoms with Gasteiger partial charge in [0.25, 0.3) is 0 Å². The number of hydrogen-bond donors (Lipinski definition) is 1. The quantitative estimate of drug-likeness (QED) is 0.701. The van der Waals surface area contributed by atoms with Gasteiger partial charge in [0, 0.05) is 62.9 Å². The lowest BCUT2D eigenvalue weighted by atomic mass is 10.1. The van der Waals surface area contributed by atoms with Gasteiger partial charge in [-0.25, -0.2) is 4.39 Å². The van der Waals surface area contributed by atoms with Crippen molar-refractivity contribution in [3.63, 3.8) is 0 Å². The molecule has 3 heterocycles. The third-order valence-electron chi connectivity index (χ3n) is 6.37. The van der Waals surface area contributed by atoms with Crippen molar-refractivity contribution in [2.24, 2.45) is 0 Å². The molecule has 0 radical (unpaired) electrons. The molecular formula is C24H29FN4O. The number of aromatic nitrogens is 1. The predicted molar refractivity (Wildman–Crippen MR) is 120 cm³/mol. The Labute approximate surface area is 177 Å². The van der Waals surface area contributed by atoms with E-state index >= 15 is 0 Å². The first-order valence-corrected chi connectivity index (χ1v) is 10.9. The van der Waals surface area contributed by atoms with E-state index in [-0.39, 0.29) is 5.82 Å². The molecule has 6 heteroatoms. The summed E-state index contributed by atoms with van der Waals surface area (Å²) in [5.41, 5.74) is 4.76. The summed E-state index contributed by atoms with van der Waals surface area (Å²) in [6.45, 7) is 8.12. The number of rotatable bonds is 5. The molecule has 1 N–H and O–H groups in total. The lowest BCUT2D eigenvalue weighted by Crippen LogP contribution is -2.47. The minimum atomic E-state index is -0.169. The number of nitrogens with zero attached hydrogens (tertiary/aromatic N) is 3. The van der Waals surface area contributed by atoms with E-state index in [0.29, 0.717) is 13.2 Å². The standard InChI is InChI=1S/C24H29FN4O/c25-20-5-6-23(24(17-20)29-13-15-30-16-14-29)28-11-9-27(10-12-28)8-7-19-18-26-22-4-2-1-3-21(19)22/h1-6,17-18,26H,7-16H2. The predicted octanol–water partition coefficient (Wildman–Crippen LogP) is 3.51. The molecule has 0 spiro atoms. The van der Waals surface area contributed by atoms with Crippen LogP contribution in [0, 0.1) is 5.82 Å². The summed E-state index contributed by atoms with van der Waals surface area (Å²) < 4.78 is 19.5. The highest BCUT2D eigenvalue weighted by atomic mass is 19.1. The molecule has 0 atom stereocenters. The van der Waals surface area contributed by atoms with Crippen molar-refractivity contribution in [1.82, 2.24) is 9.88 Å². The summed E-state index contributed by atoms with van der Waals surface area (Å²) in [7, 11) is 0. The normalized spacial score (nSPS) is 18.3. The fourth-order valence-corrected chi connectivity index (χ4v) is 4.65. The second-order valence-corrected chi connectivity index (χ2v) is 8.17. The highest BCUT2D eigenvalue weighted by Gasteiger charge is 2.23. The molecule has 30 heavy (non-hydrogen) atoms. The van der Waals surface area contributed by atoms with Crippen LogP contribution in [0.2, 0.25) is 0 Å². The van der Waals surface area contributed by atoms with Crippen LogP contribution in [0.1, 0.15) is 5.56 Å². The number of ether oxygens (including phenoxy) is 1. The molecule has 2 aromatic carbocycles. The van der Waals surface area contributed by atoms with Crippen molar-refractivity contribution in [1.29, 1.82) is 0 Å². The van der Waals surface area contributed by atoms with Gasteiger partial charge in [-0.1, -0.05) is 18.2 Å². The van der Waals surface area contributed by atoms with Gasteiger partial charge in [-0.05, 0) is 36.2 Å². The zero-order valence-electron chi connectivity index (χ0n) is 17.3. The van der Waals surface area contributed by atoms with Gasteiger partial charge in [-0.2, -0.15) is 0 Å². The van der Waals surface area contributed by atoms with Gasteiger partial charge < -0.3 is 19.5 Å². The van der Waals surface area contributed by atoms with E-state index in [9.17, 15) is 4.39 Å². The zero-order chi connectivity index (χ0) is 20.3. The number of anilines is 2. The molecule has 1 aromatic heterocycles. The van der Waals surface area contributed by atoms with Gasteiger partial charge in [-0.3, -0.25) is 4.90 Å². The maximum Gasteiger partial charge on any atom is 0.125 e. The average molecular weight is 409 g/mol. The molecule has 5 nitrogen and oxygen atoms in total. The van der Waals surface area contributed by atoms with E-state index in [1.165, 1.54) is 16.5 Å². The Kier molecular flexibility index (Phi) is 5.60. The van der Waals surface area contributed by atoms with E-state index in [4.69, 9.17) is 4.74 Å². The molecule has 3 aromatic rings. The Hall–Kier alpha value is -2.57. The maximum absolute atomic E-state index is 14.0. The van der Waals surface area contributed by atoms with Crippen molar-refractivity contribution < 1.29 is 9.13 Å². The number of benzene rings is 2. The SMILES string of the molecule is Fc1ccc(N2CCN(CCc3c[nH]c4ccccc34)CC2)c(N2CCOCC2)c1. The number of piperazine rings is 1. The molecule has 0 bridgehead atoms. The minimum absolute atomic E-state index is 0.169. The molecule has 0 saturated carbocycles. The smallest absolute Gasteiger partial charge is 0.125 e. The Morgan fingerprint density at radius 1 is 0.867 bits per heavy atom. The summed E-state index contributed by atoms with van der Waals surface area (Å²) in [5, 5.41) is 1.33. The first-order valence-electron chi connectivity index (χ1n) is 10.9. The zero-order valence-corrected chi connectivity index (χ0v) is 17.3. The van der Waals surface area contributed by atoms with Crippen LogP contribution in [0.3, 0.4) is 0 Å². The van der Waals surface area contributed by atoms with Crippen LogP contribution < -0.4 is 9.80 Å². The van der Waals surface area contributed by atoms with Crippen LogP contribution in [0.25, 0.3) is 10.9 Å². The van der Waals surface area contributed by atoms with E-state index in [1.54, 1.807) is 12.1 Å². The van der Waals surface area contributed by atoms with Gasteiger partial charge >= 0.3 is 0 Å². The van der Waals surface area contributed by atoms with E-state index in [1.807, 2.05) is 6.07 Å². The molecule has 2 saturated heterocycles. The number of morpholine rings is 1. The number of aromatic amines is 1. The Morgan fingerprint density at radius 3 is 2.47 bits per heavy atom. The molecule has 2 fully saturated rings. The van der Waals surface area contributed by atoms with Crippen molar-refractivity contribution in [2.45, 2.75) is 6.42 Å². The molecule has 5 rings (SSSR count). The Balaban J connectivity index is 1.22.